The zero-order valence-corrected chi connectivity index (χ0v) is 17.4. The third-order valence-electron chi connectivity index (χ3n) is 4.33. The quantitative estimate of drug-likeness (QED) is 0.386. The molecule has 0 radical (unpaired) electrons. The van der Waals surface area contributed by atoms with Crippen LogP contribution in [0.15, 0.2) is 59.9 Å². The highest BCUT2D eigenvalue weighted by Crippen LogP contribution is 2.30. The Morgan fingerprint density at radius 1 is 1.10 bits per heavy atom. The lowest BCUT2D eigenvalue weighted by molar-refractivity contribution is 0.104. The van der Waals surface area contributed by atoms with Crippen LogP contribution in [0.25, 0.3) is 11.0 Å². The summed E-state index contributed by atoms with van der Waals surface area (Å²) in [5.41, 5.74) is 7.02. The molecular weight excluding hydrogens is 449 g/mol. The van der Waals surface area contributed by atoms with Gasteiger partial charge in [0.1, 0.15) is 22.7 Å². The fourth-order valence-electron chi connectivity index (χ4n) is 2.95. The van der Waals surface area contributed by atoms with E-state index in [1.54, 1.807) is 12.1 Å². The number of nitrogen functional groups attached to an aromatic ring is 1. The molecule has 30 heavy (non-hydrogen) atoms. The molecule has 0 fully saturated rings. The molecule has 0 bridgehead atoms. The standard InChI is InChI=1S/C19H13Cl2N5O3S/c20-13-5-2-6-14(16(13)21)30(28,29)26-11-4-1-3-10(7-11)17(27)12-8-23-19-15(12)18(22)24-9-25-19/h1-9,26H,(H3,22,23,24,25). The summed E-state index contributed by atoms with van der Waals surface area (Å²) < 4.78 is 27.9. The van der Waals surface area contributed by atoms with E-state index in [1.807, 2.05) is 0 Å². The number of anilines is 2. The summed E-state index contributed by atoms with van der Waals surface area (Å²) in [4.78, 5) is 23.7. The summed E-state index contributed by atoms with van der Waals surface area (Å²) in [7, 11) is -4.03. The molecule has 0 aliphatic carbocycles. The molecule has 4 N–H and O–H groups in total. The van der Waals surface area contributed by atoms with Crippen LogP contribution < -0.4 is 10.5 Å². The minimum absolute atomic E-state index is 0.0897. The maximum absolute atomic E-state index is 13.0. The van der Waals surface area contributed by atoms with Crippen LogP contribution in [0, 0.1) is 0 Å². The van der Waals surface area contributed by atoms with Gasteiger partial charge in [-0.15, -0.1) is 0 Å². The fraction of sp³-hybridized carbons (Fsp3) is 0. The lowest BCUT2D eigenvalue weighted by Crippen LogP contribution is -2.14. The van der Waals surface area contributed by atoms with Gasteiger partial charge in [0.2, 0.25) is 0 Å². The molecule has 0 aliphatic heterocycles. The number of carbonyl (C=O) groups excluding carboxylic acids is 1. The third kappa shape index (κ3) is 3.58. The zero-order chi connectivity index (χ0) is 21.5. The molecule has 2 aromatic heterocycles. The molecule has 0 unspecified atom stereocenters. The first kappa shape index (κ1) is 20.1. The first-order valence-corrected chi connectivity index (χ1v) is 10.7. The van der Waals surface area contributed by atoms with E-state index in [2.05, 4.69) is 19.7 Å². The Labute approximate surface area is 181 Å². The smallest absolute Gasteiger partial charge is 0.263 e. The van der Waals surface area contributed by atoms with E-state index in [0.717, 1.165) is 0 Å². The maximum atomic E-state index is 13.0. The van der Waals surface area contributed by atoms with Gasteiger partial charge in [0, 0.05) is 17.4 Å². The monoisotopic (exact) mass is 461 g/mol. The lowest BCUT2D eigenvalue weighted by atomic mass is 10.0. The summed E-state index contributed by atoms with van der Waals surface area (Å²) >= 11 is 11.9. The van der Waals surface area contributed by atoms with Crippen molar-refractivity contribution < 1.29 is 13.2 Å². The second-order valence-electron chi connectivity index (χ2n) is 6.25. The van der Waals surface area contributed by atoms with Crippen LogP contribution in [0.2, 0.25) is 10.0 Å². The van der Waals surface area contributed by atoms with Crippen LogP contribution in [0.4, 0.5) is 11.5 Å². The normalized spacial score (nSPS) is 11.5. The number of benzene rings is 2. The minimum atomic E-state index is -4.03. The van der Waals surface area contributed by atoms with Crippen LogP contribution >= 0.6 is 23.2 Å². The highest BCUT2D eigenvalue weighted by molar-refractivity contribution is 7.92. The predicted octanol–water partition coefficient (Wildman–Crippen LogP) is 3.88. The Bertz CT molecular complexity index is 1400. The average molecular weight is 462 g/mol. The first-order chi connectivity index (χ1) is 14.3. The second kappa shape index (κ2) is 7.60. The van der Waals surface area contributed by atoms with E-state index in [1.165, 1.54) is 42.9 Å². The van der Waals surface area contributed by atoms with Gasteiger partial charge < -0.3 is 10.7 Å². The van der Waals surface area contributed by atoms with Gasteiger partial charge in [-0.05, 0) is 24.3 Å². The number of H-pyrrole nitrogens is 1. The number of nitrogens with zero attached hydrogens (tertiary/aromatic N) is 2. The van der Waals surface area contributed by atoms with E-state index in [0.29, 0.717) is 11.0 Å². The molecule has 0 saturated heterocycles. The molecule has 2 aromatic carbocycles. The van der Waals surface area contributed by atoms with Gasteiger partial charge in [-0.3, -0.25) is 9.52 Å². The molecule has 0 saturated carbocycles. The average Bonchev–Trinajstić information content (AvgIpc) is 3.15. The molecule has 8 nitrogen and oxygen atoms in total. The number of sulfonamides is 1. The Morgan fingerprint density at radius 3 is 2.67 bits per heavy atom. The molecule has 152 valence electrons. The summed E-state index contributed by atoms with van der Waals surface area (Å²) in [6, 6.07) is 10.3. The number of fused-ring (bicyclic) bond motifs is 1. The molecule has 0 amide bonds. The Balaban J connectivity index is 1.69. The first-order valence-electron chi connectivity index (χ1n) is 8.47. The largest absolute Gasteiger partial charge is 0.383 e. The number of carbonyl (C=O) groups is 1. The van der Waals surface area contributed by atoms with Crippen molar-refractivity contribution in [2.24, 2.45) is 0 Å². The van der Waals surface area contributed by atoms with E-state index >= 15 is 0 Å². The van der Waals surface area contributed by atoms with Gasteiger partial charge in [-0.25, -0.2) is 18.4 Å². The van der Waals surface area contributed by atoms with Crippen molar-refractivity contribution in [1.82, 2.24) is 15.0 Å². The Hall–Kier alpha value is -3.14. The Morgan fingerprint density at radius 2 is 1.87 bits per heavy atom. The number of nitrogens with two attached hydrogens (primary N) is 1. The van der Waals surface area contributed by atoms with Crippen molar-refractivity contribution in [1.29, 1.82) is 0 Å². The number of nitrogens with one attached hydrogen (secondary N) is 2. The minimum Gasteiger partial charge on any atom is -0.383 e. The highest BCUT2D eigenvalue weighted by Gasteiger charge is 2.21. The predicted molar refractivity (Wildman–Crippen MR) is 115 cm³/mol. The molecule has 0 spiro atoms. The van der Waals surface area contributed by atoms with E-state index in [9.17, 15) is 13.2 Å². The molecular formula is C19H13Cl2N5O3S. The van der Waals surface area contributed by atoms with Gasteiger partial charge in [-0.1, -0.05) is 41.4 Å². The van der Waals surface area contributed by atoms with E-state index in [-0.39, 0.29) is 43.4 Å². The molecule has 4 aromatic rings. The van der Waals surface area contributed by atoms with Gasteiger partial charge in [0.25, 0.3) is 10.0 Å². The zero-order valence-electron chi connectivity index (χ0n) is 15.1. The number of aromatic nitrogens is 3. The van der Waals surface area contributed by atoms with Gasteiger partial charge in [-0.2, -0.15) is 0 Å². The van der Waals surface area contributed by atoms with Crippen LogP contribution in [-0.4, -0.2) is 29.2 Å². The highest BCUT2D eigenvalue weighted by atomic mass is 35.5. The SMILES string of the molecule is Nc1ncnc2[nH]cc(C(=O)c3cccc(NS(=O)(=O)c4cccc(Cl)c4Cl)c3)c12. The molecule has 2 heterocycles. The molecule has 0 aliphatic rings. The van der Waals surface area contributed by atoms with Crippen molar-refractivity contribution >= 4 is 61.5 Å². The van der Waals surface area contributed by atoms with Crippen LogP contribution in [0.1, 0.15) is 15.9 Å². The number of hydrogen-bond donors (Lipinski definition) is 3. The van der Waals surface area contributed by atoms with Gasteiger partial charge >= 0.3 is 0 Å². The molecule has 0 atom stereocenters. The van der Waals surface area contributed by atoms with Crippen LogP contribution in [0.3, 0.4) is 0 Å². The fourth-order valence-corrected chi connectivity index (χ4v) is 4.76. The van der Waals surface area contributed by atoms with Crippen molar-refractivity contribution in [3.8, 4) is 0 Å². The third-order valence-corrected chi connectivity index (χ3v) is 6.68. The maximum Gasteiger partial charge on any atom is 0.263 e. The summed E-state index contributed by atoms with van der Waals surface area (Å²) in [6.45, 7) is 0. The van der Waals surface area contributed by atoms with Gasteiger partial charge in [0.05, 0.1) is 21.0 Å². The molecule has 11 heteroatoms. The van der Waals surface area contributed by atoms with Crippen molar-refractivity contribution in [2.45, 2.75) is 4.90 Å². The van der Waals surface area contributed by atoms with E-state index < -0.39 is 10.0 Å². The topological polar surface area (TPSA) is 131 Å². The van der Waals surface area contributed by atoms with Crippen LogP contribution in [0.5, 0.6) is 0 Å². The number of rotatable bonds is 5. The van der Waals surface area contributed by atoms with Crippen LogP contribution in [-0.2, 0) is 10.0 Å². The van der Waals surface area contributed by atoms with Gasteiger partial charge in [0.15, 0.2) is 5.78 Å². The molecule has 4 rings (SSSR count). The Kier molecular flexibility index (Phi) is 5.10. The lowest BCUT2D eigenvalue weighted by Gasteiger charge is -2.11. The van der Waals surface area contributed by atoms with Crippen molar-refractivity contribution in [2.75, 3.05) is 10.5 Å². The number of ketones is 1. The summed E-state index contributed by atoms with van der Waals surface area (Å²) in [6.07, 6.45) is 2.78. The number of hydrogen-bond acceptors (Lipinski definition) is 6. The number of aromatic amines is 1. The summed E-state index contributed by atoms with van der Waals surface area (Å²) in [5.74, 6) is -0.207. The number of halogens is 2. The van der Waals surface area contributed by atoms with E-state index in [4.69, 9.17) is 28.9 Å². The summed E-state index contributed by atoms with van der Waals surface area (Å²) in [5, 5.41) is 0.426. The second-order valence-corrected chi connectivity index (χ2v) is 8.69. The van der Waals surface area contributed by atoms with Crippen molar-refractivity contribution in [3.05, 3.63) is 76.2 Å². The van der Waals surface area contributed by atoms with Crippen molar-refractivity contribution in [3.63, 3.8) is 0 Å².